The monoisotopic (exact) mass is 128 g/mol. The zero-order chi connectivity index (χ0) is 6.91. The highest BCUT2D eigenvalue weighted by Crippen LogP contribution is 2.30. The summed E-state index contributed by atoms with van der Waals surface area (Å²) in [7, 11) is 0. The molecule has 1 heterocycles. The van der Waals surface area contributed by atoms with Crippen LogP contribution in [-0.4, -0.2) is 12.2 Å². The van der Waals surface area contributed by atoms with Crippen LogP contribution in [0.3, 0.4) is 0 Å². The van der Waals surface area contributed by atoms with Gasteiger partial charge in [0.05, 0.1) is 12.2 Å². The van der Waals surface area contributed by atoms with E-state index in [0.717, 1.165) is 12.5 Å². The first-order valence-electron chi connectivity index (χ1n) is 3.78. The second-order valence-corrected chi connectivity index (χ2v) is 3.55. The first-order chi connectivity index (χ1) is 4.14. The predicted octanol–water partition coefficient (Wildman–Crippen LogP) is 2.21. The van der Waals surface area contributed by atoms with Crippen LogP contribution in [0.25, 0.3) is 0 Å². The van der Waals surface area contributed by atoms with E-state index < -0.39 is 0 Å². The lowest BCUT2D eigenvalue weighted by Gasteiger charge is -2.15. The molecular weight excluding hydrogens is 112 g/mol. The van der Waals surface area contributed by atoms with Gasteiger partial charge < -0.3 is 4.74 Å². The van der Waals surface area contributed by atoms with E-state index in [2.05, 4.69) is 20.8 Å². The summed E-state index contributed by atoms with van der Waals surface area (Å²) in [5.74, 6) is 0.819. The van der Waals surface area contributed by atoms with Crippen LogP contribution in [0.15, 0.2) is 0 Å². The molecule has 0 amide bonds. The van der Waals surface area contributed by atoms with E-state index in [9.17, 15) is 0 Å². The van der Waals surface area contributed by atoms with Crippen LogP contribution >= 0.6 is 0 Å². The summed E-state index contributed by atoms with van der Waals surface area (Å²) in [6.07, 6.45) is 2.51. The molecule has 0 aromatic heterocycles. The maximum absolute atomic E-state index is 5.54. The second kappa shape index (κ2) is 2.30. The van der Waals surface area contributed by atoms with Gasteiger partial charge in [-0.3, -0.25) is 0 Å². The first-order valence-corrected chi connectivity index (χ1v) is 3.78. The van der Waals surface area contributed by atoms with Crippen LogP contribution in [0, 0.1) is 5.92 Å². The molecule has 1 aliphatic rings. The Kier molecular flexibility index (Phi) is 1.80. The van der Waals surface area contributed by atoms with E-state index in [1.165, 1.54) is 12.8 Å². The highest BCUT2D eigenvalue weighted by Gasteiger charge is 2.30. The average molecular weight is 128 g/mol. The molecule has 1 nitrogen and oxygen atoms in total. The smallest absolute Gasteiger partial charge is 0.0630 e. The summed E-state index contributed by atoms with van der Waals surface area (Å²) in [5.41, 5.74) is 0.167. The molecule has 0 aliphatic carbocycles. The summed E-state index contributed by atoms with van der Waals surface area (Å²) < 4.78 is 5.54. The van der Waals surface area contributed by atoms with Crippen LogP contribution in [-0.2, 0) is 4.74 Å². The highest BCUT2D eigenvalue weighted by atomic mass is 16.5. The van der Waals surface area contributed by atoms with E-state index in [-0.39, 0.29) is 5.60 Å². The maximum Gasteiger partial charge on any atom is 0.0630 e. The van der Waals surface area contributed by atoms with Crippen molar-refractivity contribution in [2.75, 3.05) is 6.61 Å². The van der Waals surface area contributed by atoms with Crippen molar-refractivity contribution in [1.82, 2.24) is 0 Å². The van der Waals surface area contributed by atoms with Gasteiger partial charge in [0.2, 0.25) is 0 Å². The molecule has 0 bridgehead atoms. The van der Waals surface area contributed by atoms with Crippen LogP contribution in [0.5, 0.6) is 0 Å². The fraction of sp³-hybridized carbons (Fsp3) is 1.00. The van der Waals surface area contributed by atoms with Gasteiger partial charge in [0.15, 0.2) is 0 Å². The second-order valence-electron chi connectivity index (χ2n) is 3.55. The van der Waals surface area contributed by atoms with Gasteiger partial charge in [0, 0.05) is 0 Å². The summed E-state index contributed by atoms with van der Waals surface area (Å²) in [6.45, 7) is 7.55. The van der Waals surface area contributed by atoms with Gasteiger partial charge >= 0.3 is 0 Å². The van der Waals surface area contributed by atoms with Gasteiger partial charge in [0.1, 0.15) is 0 Å². The molecule has 1 heteroatoms. The van der Waals surface area contributed by atoms with E-state index in [1.807, 2.05) is 0 Å². The Hall–Kier alpha value is -0.0400. The quantitative estimate of drug-likeness (QED) is 0.526. The van der Waals surface area contributed by atoms with Gasteiger partial charge in [-0.2, -0.15) is 0 Å². The summed E-state index contributed by atoms with van der Waals surface area (Å²) in [6, 6.07) is 0. The lowest BCUT2D eigenvalue weighted by molar-refractivity contribution is 0.0349. The van der Waals surface area contributed by atoms with E-state index >= 15 is 0 Å². The first kappa shape index (κ1) is 7.07. The van der Waals surface area contributed by atoms with Gasteiger partial charge in [-0.25, -0.2) is 0 Å². The Bertz CT molecular complexity index is 96.7. The van der Waals surface area contributed by atoms with Crippen molar-refractivity contribution < 1.29 is 4.74 Å². The third kappa shape index (κ3) is 1.68. The van der Waals surface area contributed by atoms with Crippen LogP contribution < -0.4 is 0 Å². The van der Waals surface area contributed by atoms with Crippen molar-refractivity contribution >= 4 is 0 Å². The molecule has 0 aromatic carbocycles. The van der Waals surface area contributed by atoms with Crippen molar-refractivity contribution in [2.45, 2.75) is 39.2 Å². The third-order valence-corrected chi connectivity index (χ3v) is 2.07. The SMILES string of the molecule is CCC1COC(C)(C)C1. The summed E-state index contributed by atoms with van der Waals surface area (Å²) >= 11 is 0. The van der Waals surface area contributed by atoms with E-state index in [0.29, 0.717) is 0 Å². The van der Waals surface area contributed by atoms with Crippen molar-refractivity contribution in [2.24, 2.45) is 5.92 Å². The van der Waals surface area contributed by atoms with Gasteiger partial charge in [-0.1, -0.05) is 13.3 Å². The average Bonchev–Trinajstić information content (AvgIpc) is 2.10. The molecule has 0 saturated carbocycles. The number of ether oxygens (including phenoxy) is 1. The molecule has 54 valence electrons. The molecule has 1 atom stereocenters. The van der Waals surface area contributed by atoms with Crippen LogP contribution in [0.1, 0.15) is 33.6 Å². The molecule has 0 radical (unpaired) electrons. The molecule has 9 heavy (non-hydrogen) atoms. The molecule has 0 N–H and O–H groups in total. The number of rotatable bonds is 1. The normalized spacial score (nSPS) is 33.0. The molecule has 0 aromatic rings. The molecule has 1 aliphatic heterocycles. The van der Waals surface area contributed by atoms with E-state index in [1.54, 1.807) is 0 Å². The zero-order valence-corrected chi connectivity index (χ0v) is 6.61. The van der Waals surface area contributed by atoms with Crippen LogP contribution in [0.2, 0.25) is 0 Å². The Morgan fingerprint density at radius 2 is 2.22 bits per heavy atom. The van der Waals surface area contributed by atoms with Gasteiger partial charge in [-0.05, 0) is 26.2 Å². The van der Waals surface area contributed by atoms with Crippen molar-refractivity contribution in [3.63, 3.8) is 0 Å². The van der Waals surface area contributed by atoms with E-state index in [4.69, 9.17) is 4.74 Å². The van der Waals surface area contributed by atoms with Crippen molar-refractivity contribution in [1.29, 1.82) is 0 Å². The lowest BCUT2D eigenvalue weighted by atomic mass is 9.96. The Morgan fingerprint density at radius 3 is 2.44 bits per heavy atom. The number of hydrogen-bond donors (Lipinski definition) is 0. The minimum absolute atomic E-state index is 0.167. The largest absolute Gasteiger partial charge is 0.375 e. The number of hydrogen-bond acceptors (Lipinski definition) is 1. The molecule has 1 unspecified atom stereocenters. The molecule has 1 rings (SSSR count). The topological polar surface area (TPSA) is 9.23 Å². The summed E-state index contributed by atoms with van der Waals surface area (Å²) in [4.78, 5) is 0. The van der Waals surface area contributed by atoms with Gasteiger partial charge in [-0.15, -0.1) is 0 Å². The zero-order valence-electron chi connectivity index (χ0n) is 6.61. The Morgan fingerprint density at radius 1 is 1.56 bits per heavy atom. The third-order valence-electron chi connectivity index (χ3n) is 2.07. The fourth-order valence-corrected chi connectivity index (χ4v) is 1.42. The Labute approximate surface area is 57.4 Å². The molecular formula is C8H16O. The maximum atomic E-state index is 5.54. The standard InChI is InChI=1S/C8H16O/c1-4-7-5-8(2,3)9-6-7/h7H,4-6H2,1-3H3. The lowest BCUT2D eigenvalue weighted by Crippen LogP contribution is -2.16. The fourth-order valence-electron chi connectivity index (χ4n) is 1.42. The highest BCUT2D eigenvalue weighted by molar-refractivity contribution is 4.79. The minimum atomic E-state index is 0.167. The summed E-state index contributed by atoms with van der Waals surface area (Å²) in [5, 5.41) is 0. The van der Waals surface area contributed by atoms with Crippen LogP contribution in [0.4, 0.5) is 0 Å². The van der Waals surface area contributed by atoms with Crippen molar-refractivity contribution in [3.05, 3.63) is 0 Å². The Balaban J connectivity index is 2.38. The molecule has 0 spiro atoms. The molecule has 1 fully saturated rings. The predicted molar refractivity (Wildman–Crippen MR) is 38.4 cm³/mol. The minimum Gasteiger partial charge on any atom is -0.375 e. The molecule has 1 saturated heterocycles. The van der Waals surface area contributed by atoms with Gasteiger partial charge in [0.25, 0.3) is 0 Å². The van der Waals surface area contributed by atoms with Crippen molar-refractivity contribution in [3.8, 4) is 0 Å².